The standard InChI is InChI=1S/C17H13F3N4OS/c1-24-10-21-23-16(24)26-14-7-5-13(6-8-14)22-15(25)11-3-2-4-12(9-11)17(18,19)20/h2-10H,1H3,(H,22,25). The van der Waals surface area contributed by atoms with Crippen LogP contribution in [0.2, 0.25) is 0 Å². The fourth-order valence-corrected chi connectivity index (χ4v) is 2.88. The molecule has 0 fully saturated rings. The Morgan fingerprint density at radius 1 is 1.15 bits per heavy atom. The minimum absolute atomic E-state index is 0.0580. The maximum atomic E-state index is 12.7. The van der Waals surface area contributed by atoms with Crippen molar-refractivity contribution in [2.24, 2.45) is 7.05 Å². The molecule has 1 amide bonds. The molecule has 0 aliphatic carbocycles. The Morgan fingerprint density at radius 2 is 1.88 bits per heavy atom. The third kappa shape index (κ3) is 4.23. The van der Waals surface area contributed by atoms with Crippen molar-refractivity contribution in [2.75, 3.05) is 5.32 Å². The van der Waals surface area contributed by atoms with Gasteiger partial charge in [-0.15, -0.1) is 10.2 Å². The van der Waals surface area contributed by atoms with Gasteiger partial charge in [0.2, 0.25) is 0 Å². The van der Waals surface area contributed by atoms with E-state index in [4.69, 9.17) is 0 Å². The summed E-state index contributed by atoms with van der Waals surface area (Å²) in [6.45, 7) is 0. The van der Waals surface area contributed by atoms with Gasteiger partial charge in [-0.3, -0.25) is 4.79 Å². The molecule has 0 aliphatic heterocycles. The zero-order valence-electron chi connectivity index (χ0n) is 13.5. The molecule has 0 saturated carbocycles. The minimum atomic E-state index is -4.49. The molecule has 2 aromatic carbocycles. The fourth-order valence-electron chi connectivity index (χ4n) is 2.12. The molecule has 0 spiro atoms. The SMILES string of the molecule is Cn1cnnc1Sc1ccc(NC(=O)c2cccc(C(F)(F)F)c2)cc1. The lowest BCUT2D eigenvalue weighted by atomic mass is 10.1. The number of nitrogens with one attached hydrogen (secondary N) is 1. The van der Waals surface area contributed by atoms with Crippen LogP contribution in [0.4, 0.5) is 18.9 Å². The Balaban J connectivity index is 1.69. The van der Waals surface area contributed by atoms with Crippen LogP contribution in [0.5, 0.6) is 0 Å². The number of benzene rings is 2. The third-order valence-corrected chi connectivity index (χ3v) is 4.50. The van der Waals surface area contributed by atoms with Crippen LogP contribution in [-0.2, 0) is 13.2 Å². The Bertz CT molecular complexity index is 922. The van der Waals surface area contributed by atoms with E-state index >= 15 is 0 Å². The topological polar surface area (TPSA) is 59.8 Å². The summed E-state index contributed by atoms with van der Waals surface area (Å²) in [6.07, 6.45) is -2.90. The number of amides is 1. The number of anilines is 1. The first kappa shape index (κ1) is 18.0. The molecule has 0 bridgehead atoms. The molecule has 134 valence electrons. The predicted molar refractivity (Wildman–Crippen MR) is 91.0 cm³/mol. The number of hydrogen-bond acceptors (Lipinski definition) is 4. The highest BCUT2D eigenvalue weighted by molar-refractivity contribution is 7.99. The van der Waals surface area contributed by atoms with Crippen LogP contribution in [0.1, 0.15) is 15.9 Å². The summed E-state index contributed by atoms with van der Waals surface area (Å²) in [5.74, 6) is -0.607. The maximum absolute atomic E-state index is 12.7. The second-order valence-electron chi connectivity index (χ2n) is 5.38. The van der Waals surface area contributed by atoms with Crippen molar-refractivity contribution in [2.45, 2.75) is 16.2 Å². The molecule has 1 heterocycles. The van der Waals surface area contributed by atoms with Crippen molar-refractivity contribution in [1.82, 2.24) is 14.8 Å². The quantitative estimate of drug-likeness (QED) is 0.738. The van der Waals surface area contributed by atoms with E-state index in [1.54, 1.807) is 35.2 Å². The predicted octanol–water partition coefficient (Wildman–Crippen LogP) is 4.24. The molecule has 1 N–H and O–H groups in total. The molecule has 1 aromatic heterocycles. The lowest BCUT2D eigenvalue weighted by molar-refractivity contribution is -0.137. The van der Waals surface area contributed by atoms with Crippen LogP contribution < -0.4 is 5.32 Å². The van der Waals surface area contributed by atoms with E-state index in [1.165, 1.54) is 23.9 Å². The van der Waals surface area contributed by atoms with Crippen molar-refractivity contribution in [3.63, 3.8) is 0 Å². The van der Waals surface area contributed by atoms with Crippen molar-refractivity contribution >= 4 is 23.4 Å². The van der Waals surface area contributed by atoms with E-state index in [0.29, 0.717) is 10.8 Å². The first-order valence-electron chi connectivity index (χ1n) is 7.43. The fraction of sp³-hybridized carbons (Fsp3) is 0.118. The third-order valence-electron chi connectivity index (χ3n) is 3.44. The van der Waals surface area contributed by atoms with Gasteiger partial charge >= 0.3 is 6.18 Å². The summed E-state index contributed by atoms with van der Waals surface area (Å²) < 4.78 is 40.0. The summed E-state index contributed by atoms with van der Waals surface area (Å²) in [5.41, 5.74) is -0.437. The van der Waals surface area contributed by atoms with Crippen molar-refractivity contribution in [3.8, 4) is 0 Å². The van der Waals surface area contributed by atoms with E-state index in [-0.39, 0.29) is 5.56 Å². The number of aromatic nitrogens is 3. The molecular formula is C17H13F3N4OS. The first-order chi connectivity index (χ1) is 12.3. The number of rotatable bonds is 4. The number of hydrogen-bond donors (Lipinski definition) is 1. The molecule has 0 saturated heterocycles. The van der Waals surface area contributed by atoms with Crippen LogP contribution in [0.3, 0.4) is 0 Å². The molecule has 3 aromatic rings. The molecule has 0 atom stereocenters. The first-order valence-corrected chi connectivity index (χ1v) is 8.25. The van der Waals surface area contributed by atoms with Gasteiger partial charge in [0.1, 0.15) is 6.33 Å². The summed E-state index contributed by atoms with van der Waals surface area (Å²) in [4.78, 5) is 13.1. The zero-order valence-corrected chi connectivity index (χ0v) is 14.3. The van der Waals surface area contributed by atoms with E-state index in [1.807, 2.05) is 7.05 Å². The summed E-state index contributed by atoms with van der Waals surface area (Å²) in [5, 5.41) is 11.1. The normalized spacial score (nSPS) is 11.4. The Morgan fingerprint density at radius 3 is 2.50 bits per heavy atom. The molecule has 0 aliphatic rings. The van der Waals surface area contributed by atoms with Gasteiger partial charge < -0.3 is 9.88 Å². The molecular weight excluding hydrogens is 365 g/mol. The number of carbonyl (C=O) groups is 1. The number of nitrogens with zero attached hydrogens (tertiary/aromatic N) is 3. The number of alkyl halides is 3. The minimum Gasteiger partial charge on any atom is -0.322 e. The highest BCUT2D eigenvalue weighted by atomic mass is 32.2. The largest absolute Gasteiger partial charge is 0.416 e. The Hall–Kier alpha value is -2.81. The van der Waals surface area contributed by atoms with Gasteiger partial charge in [0, 0.05) is 23.2 Å². The van der Waals surface area contributed by atoms with Gasteiger partial charge in [0.15, 0.2) is 5.16 Å². The number of aryl methyl sites for hydroxylation is 1. The molecule has 0 radical (unpaired) electrons. The van der Waals surface area contributed by atoms with Crippen molar-refractivity contribution < 1.29 is 18.0 Å². The average Bonchev–Trinajstić information content (AvgIpc) is 3.01. The van der Waals surface area contributed by atoms with Crippen molar-refractivity contribution in [3.05, 3.63) is 66.0 Å². The smallest absolute Gasteiger partial charge is 0.322 e. The van der Waals surface area contributed by atoms with E-state index in [9.17, 15) is 18.0 Å². The number of halogens is 3. The van der Waals surface area contributed by atoms with Crippen LogP contribution in [-0.4, -0.2) is 20.7 Å². The van der Waals surface area contributed by atoms with Gasteiger partial charge in [-0.05, 0) is 54.2 Å². The summed E-state index contributed by atoms with van der Waals surface area (Å²) in [7, 11) is 1.83. The average molecular weight is 378 g/mol. The highest BCUT2D eigenvalue weighted by Crippen LogP contribution is 2.30. The molecule has 5 nitrogen and oxygen atoms in total. The van der Waals surface area contributed by atoms with Crippen LogP contribution >= 0.6 is 11.8 Å². The number of carbonyl (C=O) groups excluding carboxylic acids is 1. The molecule has 3 rings (SSSR count). The maximum Gasteiger partial charge on any atom is 0.416 e. The zero-order chi connectivity index (χ0) is 18.7. The second-order valence-corrected chi connectivity index (χ2v) is 6.42. The van der Waals surface area contributed by atoms with Gasteiger partial charge in [-0.25, -0.2) is 0 Å². The Labute approximate surface area is 151 Å². The van der Waals surface area contributed by atoms with Crippen LogP contribution in [0, 0.1) is 0 Å². The van der Waals surface area contributed by atoms with Gasteiger partial charge in [-0.1, -0.05) is 6.07 Å². The molecule has 26 heavy (non-hydrogen) atoms. The van der Waals surface area contributed by atoms with Gasteiger partial charge in [-0.2, -0.15) is 13.2 Å². The van der Waals surface area contributed by atoms with Gasteiger partial charge in [0.05, 0.1) is 5.56 Å². The highest BCUT2D eigenvalue weighted by Gasteiger charge is 2.30. The monoisotopic (exact) mass is 378 g/mol. The van der Waals surface area contributed by atoms with Crippen LogP contribution in [0.15, 0.2) is 64.9 Å². The van der Waals surface area contributed by atoms with E-state index in [2.05, 4.69) is 15.5 Å². The van der Waals surface area contributed by atoms with E-state index in [0.717, 1.165) is 17.0 Å². The lowest BCUT2D eigenvalue weighted by Crippen LogP contribution is -2.13. The van der Waals surface area contributed by atoms with Crippen molar-refractivity contribution in [1.29, 1.82) is 0 Å². The molecule has 0 unspecified atom stereocenters. The van der Waals surface area contributed by atoms with Crippen LogP contribution in [0.25, 0.3) is 0 Å². The van der Waals surface area contributed by atoms with Gasteiger partial charge in [0.25, 0.3) is 5.91 Å². The Kier molecular flexibility index (Phi) is 4.99. The van der Waals surface area contributed by atoms with E-state index < -0.39 is 17.6 Å². The second kappa shape index (κ2) is 7.20. The molecule has 9 heteroatoms. The lowest BCUT2D eigenvalue weighted by Gasteiger charge is -2.09. The summed E-state index contributed by atoms with van der Waals surface area (Å²) in [6, 6.07) is 11.2. The summed E-state index contributed by atoms with van der Waals surface area (Å²) >= 11 is 1.40.